The summed E-state index contributed by atoms with van der Waals surface area (Å²) in [6.07, 6.45) is -1.33. The first-order chi connectivity index (χ1) is 12.7. The molecule has 0 fully saturated rings. The Balaban J connectivity index is 2.24. The van der Waals surface area contributed by atoms with Gasteiger partial charge in [0.05, 0.1) is 17.9 Å². The zero-order valence-electron chi connectivity index (χ0n) is 15.3. The number of benzene rings is 1. The lowest BCUT2D eigenvalue weighted by atomic mass is 10.1. The molecule has 27 heavy (non-hydrogen) atoms. The van der Waals surface area contributed by atoms with E-state index < -0.39 is 41.0 Å². The number of esters is 2. The van der Waals surface area contributed by atoms with Gasteiger partial charge in [0.1, 0.15) is 17.2 Å². The van der Waals surface area contributed by atoms with Gasteiger partial charge in [0, 0.05) is 5.69 Å². The lowest BCUT2D eigenvalue weighted by molar-refractivity contribution is 0.0307. The predicted octanol–water partition coefficient (Wildman–Crippen LogP) is 3.51. The number of carbonyl (C=O) groups is 3. The number of rotatable bonds is 6. The summed E-state index contributed by atoms with van der Waals surface area (Å²) >= 11 is 0. The van der Waals surface area contributed by atoms with E-state index in [2.05, 4.69) is 4.98 Å². The lowest BCUT2D eigenvalue weighted by Gasteiger charge is -2.13. The fourth-order valence-corrected chi connectivity index (χ4v) is 2.67. The average Bonchev–Trinajstić information content (AvgIpc) is 2.88. The van der Waals surface area contributed by atoms with Crippen molar-refractivity contribution >= 4 is 17.7 Å². The smallest absolute Gasteiger partial charge is 0.344 e. The second kappa shape index (κ2) is 8.11. The van der Waals surface area contributed by atoms with Gasteiger partial charge in [0.15, 0.2) is 6.10 Å². The van der Waals surface area contributed by atoms with Crippen molar-refractivity contribution in [1.29, 1.82) is 0 Å². The van der Waals surface area contributed by atoms with Crippen molar-refractivity contribution in [3.63, 3.8) is 0 Å². The molecule has 6 nitrogen and oxygen atoms in total. The minimum absolute atomic E-state index is 0.0601. The molecule has 0 saturated heterocycles. The molecule has 1 heterocycles. The van der Waals surface area contributed by atoms with Crippen molar-refractivity contribution in [3.8, 4) is 0 Å². The highest BCUT2D eigenvalue weighted by Crippen LogP contribution is 2.22. The number of carbonyl (C=O) groups excluding carboxylic acids is 3. The maximum Gasteiger partial charge on any atom is 0.344 e. The quantitative estimate of drug-likeness (QED) is 0.613. The first kappa shape index (κ1) is 20.3. The zero-order valence-corrected chi connectivity index (χ0v) is 15.3. The molecule has 0 saturated carbocycles. The highest BCUT2D eigenvalue weighted by molar-refractivity contribution is 6.04. The van der Waals surface area contributed by atoms with Crippen LogP contribution in [0.15, 0.2) is 18.2 Å². The monoisotopic (exact) mass is 379 g/mol. The molecular formula is C19H19F2NO5. The van der Waals surface area contributed by atoms with Crippen LogP contribution in [0.4, 0.5) is 8.78 Å². The number of hydrogen-bond donors (Lipinski definition) is 1. The third kappa shape index (κ3) is 4.05. The van der Waals surface area contributed by atoms with Gasteiger partial charge in [-0.1, -0.05) is 6.07 Å². The minimum atomic E-state index is -1.33. The van der Waals surface area contributed by atoms with E-state index in [-0.39, 0.29) is 17.9 Å². The van der Waals surface area contributed by atoms with Crippen molar-refractivity contribution in [2.24, 2.45) is 0 Å². The molecule has 0 bridgehead atoms. The van der Waals surface area contributed by atoms with Crippen LogP contribution in [0.5, 0.6) is 0 Å². The SMILES string of the molecule is CCOC(=O)c1c(C)[nH]c(C(=O)C(C)OC(=O)c2c(F)cccc2F)c1C. The number of halogens is 2. The van der Waals surface area contributed by atoms with Crippen LogP contribution in [0.2, 0.25) is 0 Å². The van der Waals surface area contributed by atoms with Gasteiger partial charge in [-0.25, -0.2) is 18.4 Å². The van der Waals surface area contributed by atoms with Crippen LogP contribution < -0.4 is 0 Å². The molecule has 0 aliphatic rings. The first-order valence-corrected chi connectivity index (χ1v) is 8.24. The molecule has 1 unspecified atom stereocenters. The van der Waals surface area contributed by atoms with E-state index in [0.717, 1.165) is 18.2 Å². The molecule has 2 aromatic rings. The van der Waals surface area contributed by atoms with Gasteiger partial charge in [-0.05, 0) is 45.4 Å². The summed E-state index contributed by atoms with van der Waals surface area (Å²) in [4.78, 5) is 39.4. The summed E-state index contributed by atoms with van der Waals surface area (Å²) in [5.41, 5.74) is 0.177. The van der Waals surface area contributed by atoms with E-state index in [9.17, 15) is 23.2 Å². The van der Waals surface area contributed by atoms with Crippen LogP contribution in [-0.2, 0) is 9.47 Å². The fourth-order valence-electron chi connectivity index (χ4n) is 2.67. The number of aromatic amines is 1. The summed E-state index contributed by atoms with van der Waals surface area (Å²) in [5.74, 6) is -4.69. The Bertz CT molecular complexity index is 883. The van der Waals surface area contributed by atoms with E-state index in [1.54, 1.807) is 20.8 Å². The predicted molar refractivity (Wildman–Crippen MR) is 91.8 cm³/mol. The third-order valence-corrected chi connectivity index (χ3v) is 3.98. The van der Waals surface area contributed by atoms with Gasteiger partial charge in [-0.2, -0.15) is 0 Å². The van der Waals surface area contributed by atoms with Crippen molar-refractivity contribution in [1.82, 2.24) is 4.98 Å². The summed E-state index contributed by atoms with van der Waals surface area (Å²) in [6.45, 7) is 6.26. The second-order valence-electron chi connectivity index (χ2n) is 5.85. The van der Waals surface area contributed by atoms with Crippen molar-refractivity contribution in [3.05, 3.63) is 57.9 Å². The van der Waals surface area contributed by atoms with Crippen molar-refractivity contribution in [2.75, 3.05) is 6.61 Å². The topological polar surface area (TPSA) is 85.5 Å². The van der Waals surface area contributed by atoms with Gasteiger partial charge < -0.3 is 14.5 Å². The lowest BCUT2D eigenvalue weighted by Crippen LogP contribution is -2.26. The van der Waals surface area contributed by atoms with Crippen molar-refractivity contribution < 1.29 is 32.6 Å². The molecule has 1 aromatic heterocycles. The summed E-state index contributed by atoms with van der Waals surface area (Å²) < 4.78 is 37.2. The number of H-pyrrole nitrogens is 1. The van der Waals surface area contributed by atoms with Crippen LogP contribution in [0.25, 0.3) is 0 Å². The average molecular weight is 379 g/mol. The van der Waals surface area contributed by atoms with Gasteiger partial charge in [0.2, 0.25) is 5.78 Å². The number of ketones is 1. The zero-order chi connectivity index (χ0) is 20.3. The molecule has 8 heteroatoms. The summed E-state index contributed by atoms with van der Waals surface area (Å²) in [7, 11) is 0. The van der Waals surface area contributed by atoms with Gasteiger partial charge >= 0.3 is 11.9 Å². The Kier molecular flexibility index (Phi) is 6.09. The molecular weight excluding hydrogens is 360 g/mol. The number of aromatic nitrogens is 1. The molecule has 0 radical (unpaired) electrons. The Morgan fingerprint density at radius 1 is 1.07 bits per heavy atom. The molecule has 0 aliphatic heterocycles. The molecule has 0 spiro atoms. The molecule has 0 amide bonds. The van der Waals surface area contributed by atoms with E-state index in [1.165, 1.54) is 6.92 Å². The highest BCUT2D eigenvalue weighted by atomic mass is 19.1. The number of nitrogens with one attached hydrogen (secondary N) is 1. The number of Topliss-reactive ketones (excluding diaryl/α,β-unsaturated/α-hetero) is 1. The number of hydrogen-bond acceptors (Lipinski definition) is 5. The number of ether oxygens (including phenoxy) is 2. The van der Waals surface area contributed by atoms with Gasteiger partial charge in [-0.15, -0.1) is 0 Å². The molecule has 1 N–H and O–H groups in total. The van der Waals surface area contributed by atoms with E-state index >= 15 is 0 Å². The van der Waals surface area contributed by atoms with Crippen LogP contribution >= 0.6 is 0 Å². The molecule has 1 aromatic carbocycles. The van der Waals surface area contributed by atoms with Crippen LogP contribution in [-0.4, -0.2) is 35.4 Å². The maximum atomic E-state index is 13.7. The third-order valence-electron chi connectivity index (χ3n) is 3.98. The first-order valence-electron chi connectivity index (χ1n) is 8.24. The standard InChI is InChI=1S/C19H19F2NO5/c1-5-26-18(24)14-9(2)16(22-10(14)3)17(23)11(4)27-19(25)15-12(20)7-6-8-13(15)21/h6-8,11,22H,5H2,1-4H3. The molecule has 0 aliphatic carbocycles. The van der Waals surface area contributed by atoms with Crippen molar-refractivity contribution in [2.45, 2.75) is 33.8 Å². The largest absolute Gasteiger partial charge is 0.462 e. The van der Waals surface area contributed by atoms with E-state index in [0.29, 0.717) is 11.3 Å². The Morgan fingerprint density at radius 3 is 2.22 bits per heavy atom. The van der Waals surface area contributed by atoms with Gasteiger partial charge in [-0.3, -0.25) is 4.79 Å². The van der Waals surface area contributed by atoms with Crippen LogP contribution in [0, 0.1) is 25.5 Å². The Hall–Kier alpha value is -3.03. The molecule has 2 rings (SSSR count). The number of aryl methyl sites for hydroxylation is 1. The van der Waals surface area contributed by atoms with Crippen LogP contribution in [0.3, 0.4) is 0 Å². The fraction of sp³-hybridized carbons (Fsp3) is 0.316. The summed E-state index contributed by atoms with van der Waals surface area (Å²) in [6, 6.07) is 2.94. The normalized spacial score (nSPS) is 11.8. The Labute approximate surface area is 154 Å². The highest BCUT2D eigenvalue weighted by Gasteiger charge is 2.29. The van der Waals surface area contributed by atoms with E-state index in [1.807, 2.05) is 0 Å². The molecule has 144 valence electrons. The van der Waals surface area contributed by atoms with Crippen LogP contribution in [0.1, 0.15) is 56.3 Å². The maximum absolute atomic E-state index is 13.7. The minimum Gasteiger partial charge on any atom is -0.462 e. The Morgan fingerprint density at radius 2 is 1.67 bits per heavy atom. The second-order valence-corrected chi connectivity index (χ2v) is 5.85. The van der Waals surface area contributed by atoms with E-state index in [4.69, 9.17) is 9.47 Å². The summed E-state index contributed by atoms with van der Waals surface area (Å²) in [5, 5.41) is 0. The van der Waals surface area contributed by atoms with Gasteiger partial charge in [0.25, 0.3) is 0 Å². The molecule has 1 atom stereocenters.